The molecule has 0 fully saturated rings. The van der Waals surface area contributed by atoms with Gasteiger partial charge in [-0.1, -0.05) is 6.92 Å². The second-order valence-corrected chi connectivity index (χ2v) is 4.76. The predicted octanol–water partition coefficient (Wildman–Crippen LogP) is 1.72. The summed E-state index contributed by atoms with van der Waals surface area (Å²) in [5.41, 5.74) is 2.55. The molecule has 2 rings (SSSR count). The third-order valence-electron chi connectivity index (χ3n) is 3.35. The summed E-state index contributed by atoms with van der Waals surface area (Å²) in [6.07, 6.45) is 4.29. The lowest BCUT2D eigenvalue weighted by atomic mass is 10.1. The van der Waals surface area contributed by atoms with Gasteiger partial charge in [0.1, 0.15) is 5.82 Å². The maximum absolute atomic E-state index is 12.1. The van der Waals surface area contributed by atoms with Crippen LogP contribution in [0.5, 0.6) is 0 Å². The first-order valence-electron chi connectivity index (χ1n) is 6.77. The minimum absolute atomic E-state index is 0.0829. The Hall–Kier alpha value is -2.50. The average molecular weight is 287 g/mol. The summed E-state index contributed by atoms with van der Waals surface area (Å²) >= 11 is 0. The van der Waals surface area contributed by atoms with Crippen LogP contribution in [0, 0.1) is 6.92 Å². The van der Waals surface area contributed by atoms with Crippen molar-refractivity contribution >= 4 is 5.97 Å². The van der Waals surface area contributed by atoms with Gasteiger partial charge in [0.25, 0.3) is 5.56 Å². The Morgan fingerprint density at radius 1 is 1.43 bits per heavy atom. The van der Waals surface area contributed by atoms with Gasteiger partial charge in [0, 0.05) is 35.6 Å². The summed E-state index contributed by atoms with van der Waals surface area (Å²) in [5, 5.41) is 8.72. The van der Waals surface area contributed by atoms with Gasteiger partial charge in [-0.15, -0.1) is 0 Å². The van der Waals surface area contributed by atoms with Gasteiger partial charge in [-0.25, -0.2) is 4.98 Å². The van der Waals surface area contributed by atoms with Gasteiger partial charge in [0.2, 0.25) is 0 Å². The van der Waals surface area contributed by atoms with E-state index >= 15 is 0 Å². The molecule has 2 aromatic heterocycles. The number of nitrogens with one attached hydrogen (secondary N) is 1. The molecule has 0 saturated heterocycles. The van der Waals surface area contributed by atoms with Crippen LogP contribution in [-0.2, 0) is 17.6 Å². The minimum Gasteiger partial charge on any atom is -0.481 e. The van der Waals surface area contributed by atoms with E-state index in [0.29, 0.717) is 17.1 Å². The van der Waals surface area contributed by atoms with E-state index in [9.17, 15) is 9.59 Å². The Morgan fingerprint density at radius 3 is 2.81 bits per heavy atom. The Bertz CT molecular complexity index is 722. The third kappa shape index (κ3) is 3.34. The monoisotopic (exact) mass is 287 g/mol. The normalized spacial score (nSPS) is 10.6. The lowest BCUT2D eigenvalue weighted by molar-refractivity contribution is -0.136. The fourth-order valence-corrected chi connectivity index (χ4v) is 2.20. The largest absolute Gasteiger partial charge is 0.481 e. The smallest absolute Gasteiger partial charge is 0.303 e. The number of hydrogen-bond donors (Lipinski definition) is 2. The van der Waals surface area contributed by atoms with Crippen molar-refractivity contribution in [1.82, 2.24) is 15.0 Å². The molecular formula is C15H17N3O3. The van der Waals surface area contributed by atoms with Crippen LogP contribution in [0.2, 0.25) is 0 Å². The zero-order valence-corrected chi connectivity index (χ0v) is 12.0. The number of carbonyl (C=O) groups is 1. The molecule has 2 N–H and O–H groups in total. The number of pyridine rings is 1. The second-order valence-electron chi connectivity index (χ2n) is 4.76. The first-order chi connectivity index (χ1) is 10.0. The van der Waals surface area contributed by atoms with Crippen LogP contribution in [0.25, 0.3) is 11.4 Å². The molecule has 0 aliphatic rings. The average Bonchev–Trinajstić information content (AvgIpc) is 2.45. The van der Waals surface area contributed by atoms with Crippen molar-refractivity contribution in [2.75, 3.05) is 0 Å². The molecule has 0 aliphatic carbocycles. The quantitative estimate of drug-likeness (QED) is 0.873. The molecule has 0 atom stereocenters. The summed E-state index contributed by atoms with van der Waals surface area (Å²) in [5.74, 6) is -0.434. The summed E-state index contributed by atoms with van der Waals surface area (Å²) in [6.45, 7) is 3.73. The van der Waals surface area contributed by atoms with E-state index in [-0.39, 0.29) is 18.4 Å². The van der Waals surface area contributed by atoms with Gasteiger partial charge in [-0.3, -0.25) is 14.6 Å². The zero-order chi connectivity index (χ0) is 15.4. The molecule has 0 spiro atoms. The number of aromatic amines is 1. The lowest BCUT2D eigenvalue weighted by Gasteiger charge is -2.09. The molecule has 0 amide bonds. The number of aryl methyl sites for hydroxylation is 2. The SMILES string of the molecule is CCc1cnccc1-c1nc(C)c(CCC(=O)O)c(=O)[nH]1. The highest BCUT2D eigenvalue weighted by atomic mass is 16.4. The summed E-state index contributed by atoms with van der Waals surface area (Å²) in [6, 6.07) is 1.81. The Morgan fingerprint density at radius 2 is 2.19 bits per heavy atom. The van der Waals surface area contributed by atoms with Gasteiger partial charge in [0.15, 0.2) is 0 Å². The summed E-state index contributed by atoms with van der Waals surface area (Å²) < 4.78 is 0. The number of rotatable bonds is 5. The van der Waals surface area contributed by atoms with Crippen LogP contribution in [0.1, 0.15) is 30.2 Å². The molecule has 0 bridgehead atoms. The topological polar surface area (TPSA) is 95.9 Å². The number of carboxylic acid groups (broad SMARTS) is 1. The number of hydrogen-bond acceptors (Lipinski definition) is 4. The molecule has 0 aromatic carbocycles. The molecule has 0 unspecified atom stereocenters. The van der Waals surface area contributed by atoms with Crippen molar-refractivity contribution in [2.24, 2.45) is 0 Å². The van der Waals surface area contributed by atoms with E-state index in [2.05, 4.69) is 15.0 Å². The molecule has 110 valence electrons. The van der Waals surface area contributed by atoms with E-state index in [1.165, 1.54) is 0 Å². The van der Waals surface area contributed by atoms with Crippen molar-refractivity contribution in [3.05, 3.63) is 45.6 Å². The number of nitrogens with zero attached hydrogens (tertiary/aromatic N) is 2. The highest BCUT2D eigenvalue weighted by molar-refractivity contribution is 5.67. The van der Waals surface area contributed by atoms with E-state index in [4.69, 9.17) is 5.11 Å². The molecule has 21 heavy (non-hydrogen) atoms. The van der Waals surface area contributed by atoms with Crippen molar-refractivity contribution in [3.8, 4) is 11.4 Å². The second kappa shape index (κ2) is 6.30. The van der Waals surface area contributed by atoms with Crippen LogP contribution in [0.15, 0.2) is 23.3 Å². The van der Waals surface area contributed by atoms with Gasteiger partial charge in [-0.2, -0.15) is 0 Å². The van der Waals surface area contributed by atoms with Crippen LogP contribution >= 0.6 is 0 Å². The Labute approximate surface area is 121 Å². The van der Waals surface area contributed by atoms with E-state index in [1.807, 2.05) is 13.0 Å². The number of aliphatic carboxylic acids is 1. The molecule has 6 nitrogen and oxygen atoms in total. The van der Waals surface area contributed by atoms with Gasteiger partial charge in [0.05, 0.1) is 0 Å². The number of aromatic nitrogens is 3. The van der Waals surface area contributed by atoms with Crippen LogP contribution in [-0.4, -0.2) is 26.0 Å². The summed E-state index contributed by atoms with van der Waals surface area (Å²) in [7, 11) is 0. The standard InChI is InChI=1S/C15H17N3O3/c1-3-10-8-16-7-6-12(10)14-17-9(2)11(15(21)18-14)4-5-13(19)20/h6-8H,3-5H2,1-2H3,(H,19,20)(H,17,18,21). The van der Waals surface area contributed by atoms with Crippen molar-refractivity contribution in [3.63, 3.8) is 0 Å². The third-order valence-corrected chi connectivity index (χ3v) is 3.35. The van der Waals surface area contributed by atoms with Crippen molar-refractivity contribution < 1.29 is 9.90 Å². The Kier molecular flexibility index (Phi) is 4.47. The zero-order valence-electron chi connectivity index (χ0n) is 12.0. The van der Waals surface area contributed by atoms with Gasteiger partial charge >= 0.3 is 5.97 Å². The molecule has 0 saturated carbocycles. The summed E-state index contributed by atoms with van der Waals surface area (Å²) in [4.78, 5) is 34.0. The molecule has 0 radical (unpaired) electrons. The van der Waals surface area contributed by atoms with Gasteiger partial charge < -0.3 is 10.1 Å². The maximum Gasteiger partial charge on any atom is 0.303 e. The van der Waals surface area contributed by atoms with E-state index in [0.717, 1.165) is 17.5 Å². The first-order valence-corrected chi connectivity index (χ1v) is 6.77. The fourth-order valence-electron chi connectivity index (χ4n) is 2.20. The molecular weight excluding hydrogens is 270 g/mol. The maximum atomic E-state index is 12.1. The first kappa shape index (κ1) is 14.9. The number of H-pyrrole nitrogens is 1. The van der Waals surface area contributed by atoms with Crippen LogP contribution in [0.3, 0.4) is 0 Å². The van der Waals surface area contributed by atoms with Crippen molar-refractivity contribution in [1.29, 1.82) is 0 Å². The lowest BCUT2D eigenvalue weighted by Crippen LogP contribution is -2.18. The van der Waals surface area contributed by atoms with Crippen molar-refractivity contribution in [2.45, 2.75) is 33.1 Å². The van der Waals surface area contributed by atoms with E-state index in [1.54, 1.807) is 19.3 Å². The molecule has 2 aromatic rings. The number of carboxylic acids is 1. The predicted molar refractivity (Wildman–Crippen MR) is 78.2 cm³/mol. The fraction of sp³-hybridized carbons (Fsp3) is 0.333. The Balaban J connectivity index is 2.44. The van der Waals surface area contributed by atoms with Gasteiger partial charge in [-0.05, 0) is 31.4 Å². The van der Waals surface area contributed by atoms with E-state index < -0.39 is 5.97 Å². The highest BCUT2D eigenvalue weighted by Crippen LogP contribution is 2.19. The molecule has 2 heterocycles. The van der Waals surface area contributed by atoms with Crippen LogP contribution in [0.4, 0.5) is 0 Å². The molecule has 0 aliphatic heterocycles. The minimum atomic E-state index is -0.930. The molecule has 6 heteroatoms. The van der Waals surface area contributed by atoms with Crippen LogP contribution < -0.4 is 5.56 Å². The highest BCUT2D eigenvalue weighted by Gasteiger charge is 2.12.